The van der Waals surface area contributed by atoms with Crippen molar-refractivity contribution in [2.24, 2.45) is 5.73 Å². The van der Waals surface area contributed by atoms with Gasteiger partial charge < -0.3 is 10.8 Å². The SMILES string of the molecule is NC(=O)c1nc(I)cnc1O. The van der Waals surface area contributed by atoms with Crippen molar-refractivity contribution in [3.8, 4) is 5.88 Å². The summed E-state index contributed by atoms with van der Waals surface area (Å²) in [5.74, 6) is -1.22. The van der Waals surface area contributed by atoms with Crippen molar-refractivity contribution >= 4 is 28.5 Å². The highest BCUT2D eigenvalue weighted by atomic mass is 127. The third kappa shape index (κ3) is 1.76. The van der Waals surface area contributed by atoms with Crippen LogP contribution in [-0.4, -0.2) is 21.0 Å². The lowest BCUT2D eigenvalue weighted by molar-refractivity contribution is 0.0991. The van der Waals surface area contributed by atoms with E-state index in [2.05, 4.69) is 9.97 Å². The molecule has 3 N–H and O–H groups in total. The van der Waals surface area contributed by atoms with Gasteiger partial charge in [-0.25, -0.2) is 9.97 Å². The Hall–Kier alpha value is -0.920. The van der Waals surface area contributed by atoms with Crippen molar-refractivity contribution in [3.05, 3.63) is 15.6 Å². The molecule has 0 radical (unpaired) electrons. The fourth-order valence-electron chi connectivity index (χ4n) is 0.527. The Kier molecular flexibility index (Phi) is 2.22. The van der Waals surface area contributed by atoms with Crippen LogP contribution in [0.3, 0.4) is 0 Å². The third-order valence-electron chi connectivity index (χ3n) is 0.957. The fourth-order valence-corrected chi connectivity index (χ4v) is 0.907. The van der Waals surface area contributed by atoms with Crippen molar-refractivity contribution in [1.29, 1.82) is 0 Å². The highest BCUT2D eigenvalue weighted by Crippen LogP contribution is 2.10. The summed E-state index contributed by atoms with van der Waals surface area (Å²) in [5.41, 5.74) is 4.68. The molecule has 6 heteroatoms. The molecule has 0 fully saturated rings. The molecule has 1 amide bonds. The van der Waals surface area contributed by atoms with Crippen LogP contribution >= 0.6 is 22.6 Å². The van der Waals surface area contributed by atoms with Crippen LogP contribution in [0.2, 0.25) is 0 Å². The number of amides is 1. The fraction of sp³-hybridized carbons (Fsp3) is 0. The molecule has 0 aliphatic rings. The van der Waals surface area contributed by atoms with E-state index in [0.717, 1.165) is 0 Å². The topological polar surface area (TPSA) is 89.1 Å². The molecule has 1 rings (SSSR count). The molecule has 0 saturated heterocycles. The Morgan fingerprint density at radius 2 is 2.36 bits per heavy atom. The number of hydrogen-bond donors (Lipinski definition) is 2. The first-order valence-corrected chi connectivity index (χ1v) is 3.70. The van der Waals surface area contributed by atoms with Crippen LogP contribution in [0.4, 0.5) is 0 Å². The smallest absolute Gasteiger partial charge is 0.272 e. The lowest BCUT2D eigenvalue weighted by atomic mass is 10.4. The lowest BCUT2D eigenvalue weighted by Gasteiger charge is -1.96. The standard InChI is InChI=1S/C5H4IN3O2/c6-2-1-8-5(11)3(9-2)4(7)10/h1H,(H2,7,10)(H,8,11). The molecule has 0 aromatic carbocycles. The van der Waals surface area contributed by atoms with Gasteiger partial charge in [0.05, 0.1) is 6.20 Å². The van der Waals surface area contributed by atoms with Gasteiger partial charge in [-0.1, -0.05) is 0 Å². The van der Waals surface area contributed by atoms with Crippen LogP contribution in [0.5, 0.6) is 5.88 Å². The van der Waals surface area contributed by atoms with Crippen LogP contribution in [0, 0.1) is 3.70 Å². The maximum Gasteiger partial charge on any atom is 0.272 e. The molecule has 58 valence electrons. The average molecular weight is 265 g/mol. The van der Waals surface area contributed by atoms with Gasteiger partial charge in [0.1, 0.15) is 3.70 Å². The zero-order valence-corrected chi connectivity index (χ0v) is 7.44. The minimum Gasteiger partial charge on any atom is -0.492 e. The summed E-state index contributed by atoms with van der Waals surface area (Å²) in [6.07, 6.45) is 1.34. The molecule has 1 aromatic rings. The molecule has 0 unspecified atom stereocenters. The van der Waals surface area contributed by atoms with Gasteiger partial charge in [0, 0.05) is 0 Å². The Morgan fingerprint density at radius 1 is 1.73 bits per heavy atom. The molecule has 0 bridgehead atoms. The van der Waals surface area contributed by atoms with E-state index >= 15 is 0 Å². The monoisotopic (exact) mass is 265 g/mol. The van der Waals surface area contributed by atoms with E-state index in [1.807, 2.05) is 22.6 Å². The first-order chi connectivity index (χ1) is 5.11. The van der Waals surface area contributed by atoms with E-state index in [1.165, 1.54) is 6.20 Å². The van der Waals surface area contributed by atoms with Gasteiger partial charge in [0.2, 0.25) is 5.88 Å². The summed E-state index contributed by atoms with van der Waals surface area (Å²) in [7, 11) is 0. The summed E-state index contributed by atoms with van der Waals surface area (Å²) in [6.45, 7) is 0. The minimum atomic E-state index is -0.784. The first-order valence-electron chi connectivity index (χ1n) is 2.62. The number of rotatable bonds is 1. The molecule has 0 aliphatic carbocycles. The quantitative estimate of drug-likeness (QED) is 0.693. The molecule has 0 spiro atoms. The molecule has 1 aromatic heterocycles. The van der Waals surface area contributed by atoms with Crippen LogP contribution in [-0.2, 0) is 0 Å². The zero-order valence-electron chi connectivity index (χ0n) is 5.28. The van der Waals surface area contributed by atoms with Gasteiger partial charge in [0.15, 0.2) is 5.69 Å². The Labute approximate surface area is 75.8 Å². The normalized spacial score (nSPS) is 9.55. The summed E-state index contributed by atoms with van der Waals surface area (Å²) < 4.78 is 0.509. The summed E-state index contributed by atoms with van der Waals surface area (Å²) in [5, 5.41) is 8.93. The second-order valence-corrected chi connectivity index (χ2v) is 2.83. The molecule has 0 aliphatic heterocycles. The van der Waals surface area contributed by atoms with Crippen molar-refractivity contribution in [2.75, 3.05) is 0 Å². The number of primary amides is 1. The van der Waals surface area contributed by atoms with Gasteiger partial charge >= 0.3 is 0 Å². The maximum atomic E-state index is 10.5. The van der Waals surface area contributed by atoms with Crippen LogP contribution in [0.1, 0.15) is 10.5 Å². The molecular weight excluding hydrogens is 261 g/mol. The van der Waals surface area contributed by atoms with E-state index in [9.17, 15) is 4.79 Å². The number of carbonyl (C=O) groups excluding carboxylic acids is 1. The Morgan fingerprint density at radius 3 is 2.82 bits per heavy atom. The first kappa shape index (κ1) is 8.18. The molecular formula is C5H4IN3O2. The van der Waals surface area contributed by atoms with Crippen LogP contribution in [0.25, 0.3) is 0 Å². The van der Waals surface area contributed by atoms with Crippen LogP contribution < -0.4 is 5.73 Å². The van der Waals surface area contributed by atoms with Gasteiger partial charge in [-0.05, 0) is 22.6 Å². The number of halogens is 1. The highest BCUT2D eigenvalue weighted by Gasteiger charge is 2.10. The second kappa shape index (κ2) is 2.99. The predicted octanol–water partition coefficient (Wildman–Crippen LogP) is -0.114. The molecule has 0 atom stereocenters. The van der Waals surface area contributed by atoms with Crippen molar-refractivity contribution in [2.45, 2.75) is 0 Å². The lowest BCUT2D eigenvalue weighted by Crippen LogP contribution is -2.14. The van der Waals surface area contributed by atoms with E-state index < -0.39 is 11.8 Å². The van der Waals surface area contributed by atoms with E-state index in [-0.39, 0.29) is 5.69 Å². The molecule has 1 heterocycles. The van der Waals surface area contributed by atoms with Gasteiger partial charge in [-0.3, -0.25) is 4.79 Å². The average Bonchev–Trinajstić information content (AvgIpc) is 1.94. The van der Waals surface area contributed by atoms with Crippen molar-refractivity contribution < 1.29 is 9.90 Å². The summed E-state index contributed by atoms with van der Waals surface area (Å²) in [4.78, 5) is 17.7. The summed E-state index contributed by atoms with van der Waals surface area (Å²) >= 11 is 1.86. The van der Waals surface area contributed by atoms with Crippen molar-refractivity contribution in [3.63, 3.8) is 0 Å². The number of nitrogens with zero attached hydrogens (tertiary/aromatic N) is 2. The Balaban J connectivity index is 3.23. The van der Waals surface area contributed by atoms with Crippen molar-refractivity contribution in [1.82, 2.24) is 9.97 Å². The molecule has 0 saturated carbocycles. The van der Waals surface area contributed by atoms with E-state index in [1.54, 1.807) is 0 Å². The number of aromatic hydroxyl groups is 1. The number of hydrogen-bond acceptors (Lipinski definition) is 4. The minimum absolute atomic E-state index is 0.197. The summed E-state index contributed by atoms with van der Waals surface area (Å²) in [6, 6.07) is 0. The zero-order chi connectivity index (χ0) is 8.43. The van der Waals surface area contributed by atoms with Gasteiger partial charge in [-0.15, -0.1) is 0 Å². The predicted molar refractivity (Wildman–Crippen MR) is 44.9 cm³/mol. The molecule has 11 heavy (non-hydrogen) atoms. The molecule has 5 nitrogen and oxygen atoms in total. The Bertz CT molecular complexity index is 302. The number of nitrogens with two attached hydrogens (primary N) is 1. The van der Waals surface area contributed by atoms with Gasteiger partial charge in [0.25, 0.3) is 5.91 Å². The highest BCUT2D eigenvalue weighted by molar-refractivity contribution is 14.1. The number of aromatic nitrogens is 2. The second-order valence-electron chi connectivity index (χ2n) is 1.73. The third-order valence-corrected chi connectivity index (χ3v) is 1.48. The largest absolute Gasteiger partial charge is 0.492 e. The van der Waals surface area contributed by atoms with Crippen LogP contribution in [0.15, 0.2) is 6.20 Å². The van der Waals surface area contributed by atoms with E-state index in [4.69, 9.17) is 10.8 Å². The van der Waals surface area contributed by atoms with Gasteiger partial charge in [-0.2, -0.15) is 0 Å². The maximum absolute atomic E-state index is 10.5. The number of carbonyl (C=O) groups is 1. The van der Waals surface area contributed by atoms with E-state index in [0.29, 0.717) is 3.70 Å².